The largest absolute Gasteiger partial charge is 0.508 e. The number of aromatic nitrogens is 3. The number of benzene rings is 5. The highest BCUT2D eigenvalue weighted by molar-refractivity contribution is 7.98. The molecule has 18 N–H and O–H groups in total. The maximum absolute atomic E-state index is 15.7. The van der Waals surface area contributed by atoms with Gasteiger partial charge in [0, 0.05) is 89.9 Å². The van der Waals surface area contributed by atoms with E-state index in [1.807, 2.05) is 86.8 Å². The first-order valence-electron chi connectivity index (χ1n) is 39.0. The molecule has 8 aromatic rings. The maximum Gasteiger partial charge on any atom is 0.326 e. The summed E-state index contributed by atoms with van der Waals surface area (Å²) in [5.41, 5.74) is 11.0. The molecule has 0 aliphatic carbocycles. The van der Waals surface area contributed by atoms with E-state index in [1.54, 1.807) is 76.6 Å². The van der Waals surface area contributed by atoms with E-state index in [0.29, 0.717) is 70.1 Å². The third kappa shape index (κ3) is 24.2. The van der Waals surface area contributed by atoms with Crippen LogP contribution in [0, 0.1) is 17.8 Å². The van der Waals surface area contributed by atoms with Gasteiger partial charge in [-0.25, -0.2) is 4.79 Å². The van der Waals surface area contributed by atoms with Crippen LogP contribution in [0.25, 0.3) is 32.7 Å². The first-order chi connectivity index (χ1) is 55.1. The highest BCUT2D eigenvalue weighted by Gasteiger charge is 2.42. The molecule has 115 heavy (non-hydrogen) atoms. The van der Waals surface area contributed by atoms with Crippen molar-refractivity contribution in [2.45, 2.75) is 185 Å². The lowest BCUT2D eigenvalue weighted by atomic mass is 9.98. The molecule has 3 aromatic heterocycles. The standard InChI is InChI=1S/C84H107N15O15S/c1-47(2)37-70(84(113)114)96-77(106)68(41-53-44-87-61-21-12-9-18-58(53)61)94-82(111)73(49(5)6)98-79(108)66(39-51-27-31-56(102)32-28-51)92-76(105)67(40-52-43-86-60-20-11-8-17-57(52)60)93-80(109)71-24-16-35-99(71)83(112)69(42-54-45-88-62-22-13-10-19-59(54)62)95-75(104)64(23-14-15-34-85)90-81(110)72(48(3)4)97-78(107)65(38-50-25-29-55(101)30-26-50)91-74(103)63(89-46-100)33-36-115-7/h8-13,17-22,25-32,43-49,63-73,86-88,101-102H,14-16,23-24,33-42,85H2,1-7H3,(H,89,100)(H,90,110)(H,91,103)(H,92,105)(H,93,109)(H,94,111)(H,95,104)(H,96,106)(H,97,107)(H,98,108)(H,113,114)/t63-,64-,65-,66-,67-,68-,69-,70-,71-,72-,73-/m0/s1. The maximum atomic E-state index is 15.7. The minimum absolute atomic E-state index is 0.0201. The summed E-state index contributed by atoms with van der Waals surface area (Å²) in [5, 5.41) is 60.7. The number of nitrogens with one attached hydrogen (secondary N) is 13. The number of carbonyl (C=O) groups is 12. The second-order valence-corrected chi connectivity index (χ2v) is 31.4. The van der Waals surface area contributed by atoms with Crippen molar-refractivity contribution in [1.82, 2.24) is 73.0 Å². The summed E-state index contributed by atoms with van der Waals surface area (Å²) < 4.78 is 0. The number of hydrogen-bond acceptors (Lipinski definition) is 16. The minimum Gasteiger partial charge on any atom is -0.508 e. The number of aromatic amines is 3. The lowest BCUT2D eigenvalue weighted by Gasteiger charge is -2.31. The smallest absolute Gasteiger partial charge is 0.326 e. The van der Waals surface area contributed by atoms with Crippen LogP contribution in [0.15, 0.2) is 140 Å². The van der Waals surface area contributed by atoms with Crippen LogP contribution in [0.2, 0.25) is 0 Å². The molecule has 0 spiro atoms. The Morgan fingerprint density at radius 1 is 0.478 bits per heavy atom. The Bertz CT molecular complexity index is 4700. The normalized spacial score (nSPS) is 15.4. The van der Waals surface area contributed by atoms with Gasteiger partial charge in [0.15, 0.2) is 0 Å². The molecule has 11 amide bonds. The Morgan fingerprint density at radius 3 is 1.30 bits per heavy atom. The van der Waals surface area contributed by atoms with Crippen LogP contribution in [0.5, 0.6) is 11.5 Å². The van der Waals surface area contributed by atoms with Crippen molar-refractivity contribution in [1.29, 1.82) is 0 Å². The SMILES string of the molecule is CSCC[C@H](NC=O)C(=O)N[C@@H](Cc1ccc(O)cc1)C(=O)N[C@H](C(=O)N[C@@H](CCCCN)C(=O)N[C@@H](Cc1c[nH]c2ccccc12)C(=O)N1CCC[C@H]1C(=O)N[C@@H](Cc1c[nH]c2ccccc12)C(=O)N[C@@H](Cc1ccc(O)cc1)C(=O)N[C@H](C(=O)N[C@@H](Cc1c[nH]c2ccccc12)C(=O)N[C@@H](CC(C)C)C(=O)O)C(C)C)C(C)C. The summed E-state index contributed by atoms with van der Waals surface area (Å²) in [6.07, 6.45) is 8.17. The topological polar surface area (TPSA) is 462 Å². The molecule has 30 nitrogen and oxygen atoms in total. The van der Waals surface area contributed by atoms with Crippen LogP contribution < -0.4 is 58.9 Å². The van der Waals surface area contributed by atoms with Gasteiger partial charge in [0.2, 0.25) is 65.5 Å². The van der Waals surface area contributed by atoms with Crippen molar-refractivity contribution in [2.24, 2.45) is 23.5 Å². The van der Waals surface area contributed by atoms with E-state index in [2.05, 4.69) is 68.1 Å². The molecular formula is C84H107N15O15S. The first-order valence-corrected chi connectivity index (χ1v) is 40.4. The first kappa shape index (κ1) is 87.2. The third-order valence-corrected chi connectivity index (χ3v) is 21.3. The predicted octanol–water partition coefficient (Wildman–Crippen LogP) is 4.85. The number of rotatable bonds is 43. The highest BCUT2D eigenvalue weighted by Crippen LogP contribution is 2.27. The Hall–Kier alpha value is -11.7. The van der Waals surface area contributed by atoms with Gasteiger partial charge >= 0.3 is 5.97 Å². The highest BCUT2D eigenvalue weighted by atomic mass is 32.2. The number of fused-ring (bicyclic) bond motifs is 3. The number of hydrogen-bond donors (Lipinski definition) is 17. The number of nitrogens with zero attached hydrogens (tertiary/aromatic N) is 1. The summed E-state index contributed by atoms with van der Waals surface area (Å²) >= 11 is 1.45. The van der Waals surface area contributed by atoms with Crippen molar-refractivity contribution >= 4 is 116 Å². The number of phenols is 2. The van der Waals surface area contributed by atoms with Crippen LogP contribution >= 0.6 is 11.8 Å². The molecule has 1 aliphatic heterocycles. The predicted molar refractivity (Wildman–Crippen MR) is 437 cm³/mol. The number of amides is 11. The number of carboxylic acids is 1. The molecule has 4 heterocycles. The van der Waals surface area contributed by atoms with Crippen LogP contribution in [0.4, 0.5) is 0 Å². The number of H-pyrrole nitrogens is 3. The van der Waals surface area contributed by atoms with E-state index in [-0.39, 0.29) is 88.3 Å². The molecule has 0 bridgehead atoms. The molecule has 31 heteroatoms. The Kier molecular flexibility index (Phi) is 31.8. The molecule has 5 aromatic carbocycles. The second-order valence-electron chi connectivity index (χ2n) is 30.4. The molecule has 0 unspecified atom stereocenters. The van der Waals surface area contributed by atoms with Crippen molar-refractivity contribution in [3.63, 3.8) is 0 Å². The number of aromatic hydroxyl groups is 2. The van der Waals surface area contributed by atoms with E-state index >= 15 is 24.0 Å². The lowest BCUT2D eigenvalue weighted by Crippen LogP contribution is -2.62. The number of likely N-dealkylation sites (tertiary alicyclic amines) is 1. The van der Waals surface area contributed by atoms with Gasteiger partial charge in [0.25, 0.3) is 0 Å². The lowest BCUT2D eigenvalue weighted by molar-refractivity contribution is -0.143. The zero-order valence-electron chi connectivity index (χ0n) is 65.7. The van der Waals surface area contributed by atoms with Gasteiger partial charge in [-0.2, -0.15) is 11.8 Å². The van der Waals surface area contributed by atoms with E-state index in [9.17, 15) is 48.9 Å². The van der Waals surface area contributed by atoms with Crippen LogP contribution in [-0.4, -0.2) is 198 Å². The van der Waals surface area contributed by atoms with Crippen molar-refractivity contribution in [3.05, 3.63) is 168 Å². The molecule has 1 fully saturated rings. The third-order valence-electron chi connectivity index (χ3n) is 20.6. The van der Waals surface area contributed by atoms with Crippen LogP contribution in [0.1, 0.15) is 114 Å². The van der Waals surface area contributed by atoms with Crippen LogP contribution in [0.3, 0.4) is 0 Å². The molecule has 9 rings (SSSR count). The van der Waals surface area contributed by atoms with Gasteiger partial charge in [-0.05, 0) is 152 Å². The van der Waals surface area contributed by atoms with Crippen molar-refractivity contribution in [2.75, 3.05) is 25.1 Å². The molecule has 0 saturated carbocycles. The molecule has 1 aliphatic rings. The number of phenolic OH excluding ortho intramolecular Hbond substituents is 2. The number of carboxylic acid groups (broad SMARTS) is 1. The number of para-hydroxylation sites is 3. The summed E-state index contributed by atoms with van der Waals surface area (Å²) in [7, 11) is 0. The summed E-state index contributed by atoms with van der Waals surface area (Å²) in [6, 6.07) is 19.2. The van der Waals surface area contributed by atoms with E-state index in [4.69, 9.17) is 5.73 Å². The average Bonchev–Trinajstić information content (AvgIpc) is 1.71. The van der Waals surface area contributed by atoms with Crippen LogP contribution in [-0.2, 0) is 89.6 Å². The average molecular weight is 1600 g/mol. The number of thioether (sulfide) groups is 1. The number of unbranched alkanes of at least 4 members (excludes halogenated alkanes) is 1. The van der Waals surface area contributed by atoms with E-state index in [0.717, 1.165) is 21.8 Å². The fourth-order valence-corrected chi connectivity index (χ4v) is 14.8. The summed E-state index contributed by atoms with van der Waals surface area (Å²) in [5.74, 6) is -9.99. The molecule has 11 atom stereocenters. The fourth-order valence-electron chi connectivity index (χ4n) is 14.4. The molecular weight excluding hydrogens is 1490 g/mol. The number of aliphatic carboxylic acids is 1. The molecule has 0 radical (unpaired) electrons. The quantitative estimate of drug-likeness (QED) is 0.0179. The molecule has 1 saturated heterocycles. The molecule has 614 valence electrons. The van der Waals surface area contributed by atoms with E-state index in [1.165, 1.54) is 40.9 Å². The van der Waals surface area contributed by atoms with Gasteiger partial charge in [0.1, 0.15) is 78.0 Å². The number of carbonyl (C=O) groups excluding carboxylic acids is 11. The van der Waals surface area contributed by atoms with E-state index < -0.39 is 143 Å². The second kappa shape index (κ2) is 41.9. The van der Waals surface area contributed by atoms with Gasteiger partial charge in [-0.15, -0.1) is 0 Å². The monoisotopic (exact) mass is 1600 g/mol. The fraction of sp³-hybridized carbons (Fsp3) is 0.429. The van der Waals surface area contributed by atoms with Gasteiger partial charge in [-0.3, -0.25) is 52.7 Å². The minimum atomic E-state index is -1.50. The zero-order chi connectivity index (χ0) is 83.0. The Balaban J connectivity index is 0.982. The summed E-state index contributed by atoms with van der Waals surface area (Å²) in [4.78, 5) is 184. The van der Waals surface area contributed by atoms with Crippen molar-refractivity contribution in [3.8, 4) is 11.5 Å². The van der Waals surface area contributed by atoms with Gasteiger partial charge in [0.05, 0.1) is 0 Å². The zero-order valence-corrected chi connectivity index (χ0v) is 66.5. The summed E-state index contributed by atoms with van der Waals surface area (Å²) in [6.45, 7) is 10.6. The van der Waals surface area contributed by atoms with Crippen molar-refractivity contribution < 1.29 is 72.9 Å². The Labute approximate surface area is 671 Å². The number of nitrogens with two attached hydrogens (primary N) is 1. The van der Waals surface area contributed by atoms with Gasteiger partial charge < -0.3 is 94.1 Å². The Morgan fingerprint density at radius 2 is 0.870 bits per heavy atom. The van der Waals surface area contributed by atoms with Gasteiger partial charge in [-0.1, -0.05) is 120 Å².